The van der Waals surface area contributed by atoms with Crippen LogP contribution in [0.1, 0.15) is 98.1 Å². The molecule has 5 aromatic rings. The molecule has 4 N–H and O–H groups in total. The number of amides is 4. The van der Waals surface area contributed by atoms with E-state index in [9.17, 15) is 29.1 Å². The maximum Gasteiger partial charge on any atom is 0.407 e. The van der Waals surface area contributed by atoms with Gasteiger partial charge in [0, 0.05) is 67.4 Å². The normalized spacial score (nSPS) is 21.2. The zero-order valence-electron chi connectivity index (χ0n) is 45.0. The molecule has 2 aromatic heterocycles. The molecule has 9 atom stereocenters. The van der Waals surface area contributed by atoms with Crippen LogP contribution in [0, 0.1) is 11.8 Å². The summed E-state index contributed by atoms with van der Waals surface area (Å²) in [6.07, 6.45) is 6.15. The number of esters is 2. The molecule has 2 bridgehead atoms. The number of benzene rings is 3. The maximum absolute atomic E-state index is 13.9. The molecule has 9 rings (SSSR count). The van der Waals surface area contributed by atoms with Crippen LogP contribution in [0.4, 0.5) is 9.59 Å². The summed E-state index contributed by atoms with van der Waals surface area (Å²) in [7, 11) is 3.85. The highest BCUT2D eigenvalue weighted by Gasteiger charge is 2.65. The summed E-state index contributed by atoms with van der Waals surface area (Å²) in [5.41, 5.74) is 6.51. The van der Waals surface area contributed by atoms with E-state index in [0.29, 0.717) is 42.8 Å². The van der Waals surface area contributed by atoms with E-state index in [4.69, 9.17) is 18.9 Å². The number of urea groups is 1. The second-order valence-corrected chi connectivity index (χ2v) is 23.0. The molecule has 19 heteroatoms. The molecule has 1 spiro atoms. The molecule has 4 aliphatic rings. The summed E-state index contributed by atoms with van der Waals surface area (Å²) in [5, 5.41) is 23.5. The number of carbonyl (C=O) groups is 5. The van der Waals surface area contributed by atoms with Crippen LogP contribution in [0.5, 0.6) is 11.5 Å². The van der Waals surface area contributed by atoms with Gasteiger partial charge >= 0.3 is 24.1 Å². The van der Waals surface area contributed by atoms with Gasteiger partial charge in [0.2, 0.25) is 5.91 Å². The number of piperidine rings is 1. The number of aliphatic hydroxyl groups excluding tert-OH is 1. The number of hydrogen-bond acceptors (Lipinski definition) is 15. The highest BCUT2D eigenvalue weighted by molar-refractivity contribution is 7.09. The van der Waals surface area contributed by atoms with Crippen molar-refractivity contribution in [2.75, 3.05) is 20.6 Å². The molecule has 77 heavy (non-hydrogen) atoms. The van der Waals surface area contributed by atoms with E-state index in [-0.39, 0.29) is 60.3 Å². The predicted molar refractivity (Wildman–Crippen MR) is 294 cm³/mol. The number of aliphatic hydroxyl groups is 1. The number of likely N-dealkylation sites (tertiary alicyclic amines) is 1. The second-order valence-electron chi connectivity index (χ2n) is 21.1. The Bertz CT molecular complexity index is 2860. The number of hydrogen-bond donors (Lipinski definition) is 4. The monoisotopic (exact) mass is 1090 g/mol. The van der Waals surface area contributed by atoms with Crippen LogP contribution in [-0.4, -0.2) is 118 Å². The maximum atomic E-state index is 13.9. The van der Waals surface area contributed by atoms with Crippen LogP contribution in [0.25, 0.3) is 0 Å². The summed E-state index contributed by atoms with van der Waals surface area (Å²) in [6, 6.07) is 21.1. The molecule has 410 valence electrons. The molecule has 2 aliphatic heterocycles. The van der Waals surface area contributed by atoms with Gasteiger partial charge in [0.15, 0.2) is 17.6 Å². The average molecular weight is 1090 g/mol. The first-order chi connectivity index (χ1) is 36.9. The Kier molecular flexibility index (Phi) is 18.5. The fourth-order valence-corrected chi connectivity index (χ4v) is 12.5. The van der Waals surface area contributed by atoms with Crippen molar-refractivity contribution in [2.24, 2.45) is 11.8 Å². The van der Waals surface area contributed by atoms with Crippen molar-refractivity contribution < 1.29 is 48.0 Å². The van der Waals surface area contributed by atoms with Gasteiger partial charge in [-0.15, -0.1) is 22.7 Å². The highest BCUT2D eigenvalue weighted by atomic mass is 32.1. The van der Waals surface area contributed by atoms with Crippen LogP contribution in [0.2, 0.25) is 0 Å². The Morgan fingerprint density at radius 3 is 2.26 bits per heavy atom. The molecule has 0 radical (unpaired) electrons. The number of alkyl carbamates (subject to hydrolysis) is 1. The SMILES string of the molecule is CC(=O)Oc1ccc2c3c1O[C@H]1[C@@H](OC(C)=O)C=C[C@H]4[C@@H](C2)N(C)CC[C@@]341.CC(C)c1nc(CN(C)C(=O)N[C@H](C(=O)N[C@@H](Cc2ccccc2)C[C@H](O)[C@H](Cc2ccccc2)NC(=O)OCc2cncs2)C(C)C)cs1. The van der Waals surface area contributed by atoms with Gasteiger partial charge in [-0.2, -0.15) is 0 Å². The smallest absolute Gasteiger partial charge is 0.407 e. The number of carbonyl (C=O) groups excluding carboxylic acids is 5. The van der Waals surface area contributed by atoms with Gasteiger partial charge in [-0.05, 0) is 80.4 Å². The Balaban J connectivity index is 0.000000241. The number of rotatable bonds is 19. The van der Waals surface area contributed by atoms with Crippen LogP contribution in [0.3, 0.4) is 0 Å². The lowest BCUT2D eigenvalue weighted by Crippen LogP contribution is -2.65. The topological polar surface area (TPSA) is 211 Å². The van der Waals surface area contributed by atoms with E-state index in [1.807, 2.05) is 92.0 Å². The molecule has 4 amide bonds. The Morgan fingerprint density at radius 2 is 1.62 bits per heavy atom. The number of thiazole rings is 2. The minimum Gasteiger partial charge on any atom is -0.481 e. The first-order valence-electron chi connectivity index (χ1n) is 26.3. The predicted octanol–water partition coefficient (Wildman–Crippen LogP) is 7.89. The van der Waals surface area contributed by atoms with Crippen LogP contribution in [-0.2, 0) is 61.7 Å². The minimum absolute atomic E-state index is 0.0671. The van der Waals surface area contributed by atoms with Crippen molar-refractivity contribution >= 4 is 52.6 Å². The van der Waals surface area contributed by atoms with Crippen molar-refractivity contribution in [3.05, 3.63) is 140 Å². The molecule has 4 heterocycles. The lowest BCUT2D eigenvalue weighted by atomic mass is 9.53. The number of aromatic nitrogens is 2. The molecule has 1 fully saturated rings. The van der Waals surface area contributed by atoms with Gasteiger partial charge in [0.05, 0.1) is 39.8 Å². The highest BCUT2D eigenvalue weighted by Crippen LogP contribution is 2.62. The van der Waals surface area contributed by atoms with Crippen molar-refractivity contribution in [3.8, 4) is 11.5 Å². The zero-order valence-corrected chi connectivity index (χ0v) is 46.6. The number of nitrogens with one attached hydrogen (secondary N) is 3. The van der Waals surface area contributed by atoms with E-state index in [2.05, 4.69) is 63.9 Å². The molecule has 0 unspecified atom stereocenters. The Labute approximate surface area is 458 Å². The van der Waals surface area contributed by atoms with Gasteiger partial charge in [0.25, 0.3) is 0 Å². The van der Waals surface area contributed by atoms with E-state index in [0.717, 1.165) is 51.7 Å². The number of likely N-dealkylation sites (N-methyl/N-ethyl adjacent to an activating group) is 1. The van der Waals surface area contributed by atoms with E-state index in [1.165, 1.54) is 35.6 Å². The fourth-order valence-electron chi connectivity index (χ4n) is 11.1. The van der Waals surface area contributed by atoms with Crippen LogP contribution in [0.15, 0.2) is 102 Å². The molecule has 0 saturated carbocycles. The van der Waals surface area contributed by atoms with Crippen LogP contribution >= 0.6 is 22.7 Å². The molecular formula is C58H71N7O10S2. The molecule has 17 nitrogen and oxygen atoms in total. The van der Waals surface area contributed by atoms with Crippen molar-refractivity contribution in [1.29, 1.82) is 0 Å². The van der Waals surface area contributed by atoms with Crippen molar-refractivity contribution in [1.82, 2.24) is 35.7 Å². The van der Waals surface area contributed by atoms with E-state index < -0.39 is 36.4 Å². The van der Waals surface area contributed by atoms with Crippen molar-refractivity contribution in [2.45, 2.75) is 141 Å². The average Bonchev–Trinajstić information content (AvgIpc) is 4.11. The lowest BCUT2D eigenvalue weighted by Gasteiger charge is -2.56. The summed E-state index contributed by atoms with van der Waals surface area (Å²) < 4.78 is 22.9. The number of ether oxygens (including phenoxy) is 4. The molecule has 2 aliphatic carbocycles. The lowest BCUT2D eigenvalue weighted by molar-refractivity contribution is -0.152. The van der Waals surface area contributed by atoms with Gasteiger partial charge in [-0.1, -0.05) is 101 Å². The summed E-state index contributed by atoms with van der Waals surface area (Å²) in [5.74, 6) is 0.435. The van der Waals surface area contributed by atoms with Gasteiger partial charge < -0.3 is 49.8 Å². The molecule has 1 saturated heterocycles. The van der Waals surface area contributed by atoms with E-state index >= 15 is 0 Å². The van der Waals surface area contributed by atoms with Gasteiger partial charge in [0.1, 0.15) is 18.8 Å². The fraction of sp³-hybridized carbons (Fsp3) is 0.466. The van der Waals surface area contributed by atoms with Crippen molar-refractivity contribution in [3.63, 3.8) is 0 Å². The van der Waals surface area contributed by atoms with E-state index in [1.54, 1.807) is 30.1 Å². The summed E-state index contributed by atoms with van der Waals surface area (Å²) >= 11 is 2.95. The van der Waals surface area contributed by atoms with Gasteiger partial charge in [-0.25, -0.2) is 14.6 Å². The quantitative estimate of drug-likeness (QED) is 0.0353. The summed E-state index contributed by atoms with van der Waals surface area (Å²) in [4.78, 5) is 76.7. The molecular weight excluding hydrogens is 1020 g/mol. The first kappa shape index (κ1) is 56.5. The third-order valence-electron chi connectivity index (χ3n) is 14.8. The standard InChI is InChI=1S/C37H48N6O5S2.C21H23NO5/c1-24(2)33(42-36(46)43(5)20-29-22-49-35(40-29)25(3)4)34(45)39-28(16-26-12-8-6-9-13-26)18-32(44)31(17-27-14-10-7-11-15-27)41-37(47)48-21-30-19-38-23-50-30;1-11(23)25-16-6-4-13-10-15-14-5-7-17(26-12(2)24)20-21(14,8-9-22(15)3)18(13)19(16)27-20/h6-15,19,22-25,28,31-33,44H,16-18,20-21H2,1-5H3,(H,39,45)(H,41,47)(H,42,46);4-7,14-15,17,20H,8-10H2,1-3H3/t28-,31-,32-,33-;14-,15+,17-,20-,21-/m00/s1. The Morgan fingerprint density at radius 1 is 0.909 bits per heavy atom. The minimum atomic E-state index is -1.05. The third-order valence-corrected chi connectivity index (χ3v) is 16.7. The first-order valence-corrected chi connectivity index (χ1v) is 28.1. The van der Waals surface area contributed by atoms with Gasteiger partial charge in [-0.3, -0.25) is 19.4 Å². The second kappa shape index (κ2) is 25.2. The number of nitrogens with zero attached hydrogens (tertiary/aromatic N) is 4. The third kappa shape index (κ3) is 13.5. The zero-order chi connectivity index (χ0) is 55.0. The summed E-state index contributed by atoms with van der Waals surface area (Å²) in [6.45, 7) is 12.1. The van der Waals surface area contributed by atoms with Crippen LogP contribution < -0.4 is 25.4 Å². The Hall–Kier alpha value is -6.67. The largest absolute Gasteiger partial charge is 0.481 e. The molecule has 3 aromatic carbocycles.